The van der Waals surface area contributed by atoms with Crippen LogP contribution in [-0.4, -0.2) is 0 Å². The molecule has 1 aromatic rings. The standard InChI is InChI=1S/C6H6ClNS2/c7-5-3-1-2-4-6(5)8(9)10/h1-4,9-10H. The summed E-state index contributed by atoms with van der Waals surface area (Å²) in [4.78, 5) is 0. The number of halogens is 1. The summed E-state index contributed by atoms with van der Waals surface area (Å²) in [7, 11) is 0. The lowest BCUT2D eigenvalue weighted by atomic mass is 10.3. The highest BCUT2D eigenvalue weighted by atomic mass is 35.5. The van der Waals surface area contributed by atoms with E-state index in [1.807, 2.05) is 18.2 Å². The Morgan fingerprint density at radius 1 is 1.20 bits per heavy atom. The molecule has 0 fully saturated rings. The average Bonchev–Trinajstić information content (AvgIpc) is 1.88. The zero-order valence-electron chi connectivity index (χ0n) is 5.03. The summed E-state index contributed by atoms with van der Waals surface area (Å²) >= 11 is 13.7. The molecule has 0 aliphatic heterocycles. The molecule has 0 saturated carbocycles. The summed E-state index contributed by atoms with van der Waals surface area (Å²) in [6.45, 7) is 0. The molecule has 0 atom stereocenters. The quantitative estimate of drug-likeness (QED) is 0.646. The third-order valence-electron chi connectivity index (χ3n) is 1.07. The van der Waals surface area contributed by atoms with Crippen molar-refractivity contribution in [3.8, 4) is 0 Å². The van der Waals surface area contributed by atoms with Gasteiger partial charge in [-0.25, -0.2) is 0 Å². The maximum Gasteiger partial charge on any atom is 0.0775 e. The monoisotopic (exact) mass is 191 g/mol. The summed E-state index contributed by atoms with van der Waals surface area (Å²) in [5.41, 5.74) is 0.788. The molecule has 1 aromatic carbocycles. The summed E-state index contributed by atoms with van der Waals surface area (Å²) in [6, 6.07) is 7.36. The molecule has 4 heteroatoms. The Hall–Kier alpha value is 0.01000. The number of para-hydroxylation sites is 1. The van der Waals surface area contributed by atoms with Gasteiger partial charge in [-0.05, 0) is 12.1 Å². The van der Waals surface area contributed by atoms with Crippen molar-refractivity contribution in [2.75, 3.05) is 3.71 Å². The smallest absolute Gasteiger partial charge is 0.0775 e. The highest BCUT2D eigenvalue weighted by molar-refractivity contribution is 8.00. The first kappa shape index (κ1) is 8.11. The number of benzene rings is 1. The van der Waals surface area contributed by atoms with Crippen LogP contribution in [0.3, 0.4) is 0 Å². The van der Waals surface area contributed by atoms with Crippen molar-refractivity contribution in [3.05, 3.63) is 29.3 Å². The molecule has 0 bridgehead atoms. The molecule has 0 aliphatic carbocycles. The first-order valence-corrected chi connectivity index (χ1v) is 3.82. The average molecular weight is 192 g/mol. The molecule has 0 N–H and O–H groups in total. The second kappa shape index (κ2) is 3.42. The number of hydrogen-bond acceptors (Lipinski definition) is 3. The van der Waals surface area contributed by atoms with E-state index in [2.05, 4.69) is 25.6 Å². The Morgan fingerprint density at radius 3 is 2.20 bits per heavy atom. The maximum absolute atomic E-state index is 5.78. The number of hydrogen-bond donors (Lipinski definition) is 2. The van der Waals surface area contributed by atoms with Crippen molar-refractivity contribution >= 4 is 42.9 Å². The van der Waals surface area contributed by atoms with Crippen LogP contribution in [0.25, 0.3) is 0 Å². The van der Waals surface area contributed by atoms with Gasteiger partial charge in [-0.3, -0.25) is 3.71 Å². The molecule has 0 spiro atoms. The summed E-state index contributed by atoms with van der Waals surface area (Å²) in [6.07, 6.45) is 0. The SMILES string of the molecule is SN(S)c1ccccc1Cl. The van der Waals surface area contributed by atoms with Crippen LogP contribution >= 0.6 is 37.2 Å². The van der Waals surface area contributed by atoms with Gasteiger partial charge in [-0.15, -0.1) is 0 Å². The number of nitrogens with zero attached hydrogens (tertiary/aromatic N) is 1. The summed E-state index contributed by atoms with van der Waals surface area (Å²) in [5.74, 6) is 0. The van der Waals surface area contributed by atoms with Gasteiger partial charge in [-0.2, -0.15) is 0 Å². The Labute approximate surface area is 76.1 Å². The second-order valence-corrected chi connectivity index (χ2v) is 3.26. The Balaban J connectivity index is 3.03. The predicted octanol–water partition coefficient (Wildman–Crippen LogP) is 2.84. The first-order chi connectivity index (χ1) is 4.72. The van der Waals surface area contributed by atoms with E-state index >= 15 is 0 Å². The van der Waals surface area contributed by atoms with Crippen LogP contribution in [0.15, 0.2) is 24.3 Å². The van der Waals surface area contributed by atoms with Crippen LogP contribution in [0.2, 0.25) is 5.02 Å². The molecule has 1 rings (SSSR count). The minimum absolute atomic E-state index is 0.646. The molecule has 0 heterocycles. The normalized spacial score (nSPS) is 9.50. The lowest BCUT2D eigenvalue weighted by molar-refractivity contribution is 1.62. The van der Waals surface area contributed by atoms with Gasteiger partial charge in [-0.1, -0.05) is 49.4 Å². The molecule has 0 amide bonds. The zero-order chi connectivity index (χ0) is 7.56. The van der Waals surface area contributed by atoms with E-state index in [1.54, 1.807) is 6.07 Å². The van der Waals surface area contributed by atoms with Crippen molar-refractivity contribution in [1.29, 1.82) is 0 Å². The van der Waals surface area contributed by atoms with Gasteiger partial charge in [0.05, 0.1) is 10.7 Å². The molecule has 0 aliphatic rings. The Morgan fingerprint density at radius 2 is 1.80 bits per heavy atom. The Kier molecular flexibility index (Phi) is 2.77. The predicted molar refractivity (Wildman–Crippen MR) is 51.9 cm³/mol. The number of thiol groups is 2. The third-order valence-corrected chi connectivity index (χ3v) is 1.82. The fourth-order valence-electron chi connectivity index (χ4n) is 0.614. The lowest BCUT2D eigenvalue weighted by Crippen LogP contribution is -1.91. The van der Waals surface area contributed by atoms with Crippen LogP contribution in [-0.2, 0) is 0 Å². The van der Waals surface area contributed by atoms with Gasteiger partial charge in [0.2, 0.25) is 0 Å². The topological polar surface area (TPSA) is 3.24 Å². The van der Waals surface area contributed by atoms with Crippen LogP contribution in [0, 0.1) is 0 Å². The van der Waals surface area contributed by atoms with Gasteiger partial charge >= 0.3 is 0 Å². The summed E-state index contributed by atoms with van der Waals surface area (Å²) < 4.78 is 1.38. The zero-order valence-corrected chi connectivity index (χ0v) is 7.57. The van der Waals surface area contributed by atoms with Crippen molar-refractivity contribution in [1.82, 2.24) is 0 Å². The molecular formula is C6H6ClNS2. The molecule has 54 valence electrons. The van der Waals surface area contributed by atoms with Crippen LogP contribution in [0.1, 0.15) is 0 Å². The van der Waals surface area contributed by atoms with E-state index in [0.29, 0.717) is 5.02 Å². The van der Waals surface area contributed by atoms with E-state index in [9.17, 15) is 0 Å². The molecule has 10 heavy (non-hydrogen) atoms. The molecule has 0 radical (unpaired) electrons. The minimum Gasteiger partial charge on any atom is -0.263 e. The number of rotatable bonds is 1. The van der Waals surface area contributed by atoms with E-state index in [4.69, 9.17) is 11.6 Å². The van der Waals surface area contributed by atoms with Gasteiger partial charge in [0.15, 0.2) is 0 Å². The van der Waals surface area contributed by atoms with Crippen LogP contribution in [0.4, 0.5) is 5.69 Å². The van der Waals surface area contributed by atoms with Crippen LogP contribution < -0.4 is 3.71 Å². The molecule has 1 nitrogen and oxygen atoms in total. The minimum atomic E-state index is 0.646. The fraction of sp³-hybridized carbons (Fsp3) is 0. The van der Waals surface area contributed by atoms with Gasteiger partial charge in [0, 0.05) is 0 Å². The highest BCUT2D eigenvalue weighted by Gasteiger charge is 1.99. The van der Waals surface area contributed by atoms with Gasteiger partial charge < -0.3 is 0 Å². The van der Waals surface area contributed by atoms with Crippen molar-refractivity contribution < 1.29 is 0 Å². The van der Waals surface area contributed by atoms with E-state index in [-0.39, 0.29) is 0 Å². The van der Waals surface area contributed by atoms with E-state index < -0.39 is 0 Å². The highest BCUT2D eigenvalue weighted by Crippen LogP contribution is 2.27. The third kappa shape index (κ3) is 1.75. The first-order valence-electron chi connectivity index (χ1n) is 2.64. The number of anilines is 1. The Bertz CT molecular complexity index is 227. The molecule has 0 unspecified atom stereocenters. The van der Waals surface area contributed by atoms with E-state index in [0.717, 1.165) is 5.69 Å². The molecule has 0 saturated heterocycles. The summed E-state index contributed by atoms with van der Waals surface area (Å²) in [5, 5.41) is 0.646. The fourth-order valence-corrected chi connectivity index (χ4v) is 1.30. The maximum atomic E-state index is 5.78. The van der Waals surface area contributed by atoms with Gasteiger partial charge in [0.25, 0.3) is 0 Å². The van der Waals surface area contributed by atoms with Crippen molar-refractivity contribution in [2.24, 2.45) is 0 Å². The second-order valence-electron chi connectivity index (χ2n) is 1.74. The van der Waals surface area contributed by atoms with Crippen molar-refractivity contribution in [3.63, 3.8) is 0 Å². The molecule has 0 aromatic heterocycles. The van der Waals surface area contributed by atoms with Gasteiger partial charge in [0.1, 0.15) is 0 Å². The lowest BCUT2D eigenvalue weighted by Gasteiger charge is -2.09. The molecular weight excluding hydrogens is 186 g/mol. The van der Waals surface area contributed by atoms with Crippen LogP contribution in [0.5, 0.6) is 0 Å². The largest absolute Gasteiger partial charge is 0.263 e. The van der Waals surface area contributed by atoms with Crippen molar-refractivity contribution in [2.45, 2.75) is 0 Å². The van der Waals surface area contributed by atoms with E-state index in [1.165, 1.54) is 3.71 Å².